The van der Waals surface area contributed by atoms with E-state index in [1.54, 1.807) is 26.4 Å². The molecular weight excluding hydrogens is 256 g/mol. The largest absolute Gasteiger partial charge is 0.504 e. The van der Waals surface area contributed by atoms with Crippen LogP contribution in [-0.2, 0) is 15.3 Å². The number of para-hydroxylation sites is 1. The number of methoxy groups -OCH3 is 2. The van der Waals surface area contributed by atoms with Crippen LogP contribution in [0.25, 0.3) is 0 Å². The van der Waals surface area contributed by atoms with E-state index in [0.29, 0.717) is 12.0 Å². The molecule has 0 unspecified atom stereocenters. The molecule has 1 rings (SSSR count). The average Bonchev–Trinajstić information content (AvgIpc) is 2.47. The Morgan fingerprint density at radius 1 is 1.00 bits per heavy atom. The monoisotopic (exact) mass is 282 g/mol. The maximum Gasteiger partial charge on any atom is 0.197 e. The van der Waals surface area contributed by atoms with Crippen LogP contribution >= 0.6 is 0 Å². The quantitative estimate of drug-likeness (QED) is 0.409. The van der Waals surface area contributed by atoms with Crippen LogP contribution in [0.2, 0.25) is 0 Å². The molecule has 0 atom stereocenters. The zero-order valence-corrected chi connectivity index (χ0v) is 12.7. The lowest BCUT2D eigenvalue weighted by Crippen LogP contribution is -2.31. The number of rotatable bonds is 9. The molecule has 0 heterocycles. The molecule has 20 heavy (non-hydrogen) atoms. The Morgan fingerprint density at radius 3 is 2.25 bits per heavy atom. The van der Waals surface area contributed by atoms with Gasteiger partial charge in [-0.2, -0.15) is 0 Å². The van der Waals surface area contributed by atoms with Crippen molar-refractivity contribution < 1.29 is 19.7 Å². The molecular formula is C16H26O4. The molecule has 0 bridgehead atoms. The normalized spacial score (nSPS) is 11.8. The number of aromatic hydroxyl groups is 2. The van der Waals surface area contributed by atoms with Gasteiger partial charge < -0.3 is 19.7 Å². The van der Waals surface area contributed by atoms with Crippen molar-refractivity contribution in [2.24, 2.45) is 0 Å². The van der Waals surface area contributed by atoms with Gasteiger partial charge in [0.15, 0.2) is 17.3 Å². The predicted octanol–water partition coefficient (Wildman–Crippen LogP) is 3.90. The van der Waals surface area contributed by atoms with Crippen LogP contribution in [0.5, 0.6) is 11.5 Å². The molecule has 1 aromatic carbocycles. The minimum absolute atomic E-state index is 0.160. The van der Waals surface area contributed by atoms with Crippen molar-refractivity contribution in [3.8, 4) is 11.5 Å². The van der Waals surface area contributed by atoms with E-state index in [-0.39, 0.29) is 11.5 Å². The van der Waals surface area contributed by atoms with Gasteiger partial charge >= 0.3 is 0 Å². The highest BCUT2D eigenvalue weighted by Crippen LogP contribution is 2.41. The van der Waals surface area contributed by atoms with E-state index in [1.165, 1.54) is 25.3 Å². The van der Waals surface area contributed by atoms with Crippen LogP contribution in [0.1, 0.15) is 51.0 Å². The summed E-state index contributed by atoms with van der Waals surface area (Å²) in [7, 11) is 3.11. The number of ether oxygens (including phenoxy) is 2. The van der Waals surface area contributed by atoms with Crippen molar-refractivity contribution in [3.63, 3.8) is 0 Å². The minimum atomic E-state index is -1.00. The van der Waals surface area contributed by atoms with Gasteiger partial charge in [0.1, 0.15) is 0 Å². The molecule has 4 nitrogen and oxygen atoms in total. The van der Waals surface area contributed by atoms with E-state index < -0.39 is 5.79 Å². The van der Waals surface area contributed by atoms with E-state index in [1.807, 2.05) is 0 Å². The summed E-state index contributed by atoms with van der Waals surface area (Å²) in [6.45, 7) is 2.18. The summed E-state index contributed by atoms with van der Waals surface area (Å²) in [5, 5.41) is 19.7. The van der Waals surface area contributed by atoms with Crippen LogP contribution in [0, 0.1) is 0 Å². The Hall–Kier alpha value is -1.26. The number of hydrogen-bond acceptors (Lipinski definition) is 4. The van der Waals surface area contributed by atoms with E-state index in [2.05, 4.69) is 6.92 Å². The lowest BCUT2D eigenvalue weighted by molar-refractivity contribution is -0.221. The topological polar surface area (TPSA) is 58.9 Å². The Labute approximate surface area is 121 Å². The number of benzene rings is 1. The second kappa shape index (κ2) is 8.12. The lowest BCUT2D eigenvalue weighted by Gasteiger charge is -2.32. The Kier molecular flexibility index (Phi) is 6.82. The Balaban J connectivity index is 2.83. The third-order valence-electron chi connectivity index (χ3n) is 3.69. The summed E-state index contributed by atoms with van der Waals surface area (Å²) < 4.78 is 11.0. The van der Waals surface area contributed by atoms with Gasteiger partial charge in [-0.15, -0.1) is 0 Å². The van der Waals surface area contributed by atoms with Gasteiger partial charge in [-0.1, -0.05) is 38.7 Å². The predicted molar refractivity (Wildman–Crippen MR) is 78.8 cm³/mol. The van der Waals surface area contributed by atoms with Crippen LogP contribution in [0.3, 0.4) is 0 Å². The van der Waals surface area contributed by atoms with Crippen LogP contribution < -0.4 is 0 Å². The smallest absolute Gasteiger partial charge is 0.197 e. The van der Waals surface area contributed by atoms with E-state index in [4.69, 9.17) is 9.47 Å². The third kappa shape index (κ3) is 3.87. The molecule has 0 aromatic heterocycles. The molecule has 0 aliphatic rings. The number of phenols is 2. The van der Waals surface area contributed by atoms with E-state index >= 15 is 0 Å². The molecule has 0 aliphatic heterocycles. The molecule has 0 fully saturated rings. The van der Waals surface area contributed by atoms with Crippen LogP contribution in [0.15, 0.2) is 18.2 Å². The van der Waals surface area contributed by atoms with Gasteiger partial charge in [0, 0.05) is 20.6 Å². The van der Waals surface area contributed by atoms with E-state index in [0.717, 1.165) is 12.8 Å². The summed E-state index contributed by atoms with van der Waals surface area (Å²) in [6.07, 6.45) is 6.29. The maximum atomic E-state index is 10.0. The zero-order valence-electron chi connectivity index (χ0n) is 12.7. The van der Waals surface area contributed by atoms with Gasteiger partial charge in [-0.05, 0) is 18.6 Å². The SMILES string of the molecule is CCCCCCCC(OC)(OC)c1cccc(O)c1O. The highest BCUT2D eigenvalue weighted by atomic mass is 16.7. The summed E-state index contributed by atoms with van der Waals surface area (Å²) >= 11 is 0. The fourth-order valence-electron chi connectivity index (χ4n) is 2.44. The van der Waals surface area contributed by atoms with Crippen molar-refractivity contribution >= 4 is 0 Å². The third-order valence-corrected chi connectivity index (χ3v) is 3.69. The first-order chi connectivity index (χ1) is 9.61. The summed E-state index contributed by atoms with van der Waals surface area (Å²) in [5.74, 6) is -1.34. The molecule has 0 saturated carbocycles. The average molecular weight is 282 g/mol. The zero-order chi connectivity index (χ0) is 15.0. The van der Waals surface area contributed by atoms with Gasteiger partial charge in [0.05, 0.1) is 5.56 Å². The number of unbranched alkanes of at least 4 members (excludes halogenated alkanes) is 4. The first-order valence-corrected chi connectivity index (χ1v) is 7.23. The minimum Gasteiger partial charge on any atom is -0.504 e. The fourth-order valence-corrected chi connectivity index (χ4v) is 2.44. The summed E-state index contributed by atoms with van der Waals surface area (Å²) in [5.41, 5.74) is 0.470. The van der Waals surface area contributed by atoms with Crippen LogP contribution in [-0.4, -0.2) is 24.4 Å². The van der Waals surface area contributed by atoms with Gasteiger partial charge in [-0.25, -0.2) is 0 Å². The fraction of sp³-hybridized carbons (Fsp3) is 0.625. The summed E-state index contributed by atoms with van der Waals surface area (Å²) in [4.78, 5) is 0. The lowest BCUT2D eigenvalue weighted by atomic mass is 9.97. The molecule has 0 aliphatic carbocycles. The van der Waals surface area contributed by atoms with Crippen LogP contribution in [0.4, 0.5) is 0 Å². The van der Waals surface area contributed by atoms with Crippen molar-refractivity contribution in [3.05, 3.63) is 23.8 Å². The molecule has 0 spiro atoms. The van der Waals surface area contributed by atoms with E-state index in [9.17, 15) is 10.2 Å². The van der Waals surface area contributed by atoms with Gasteiger partial charge in [0.25, 0.3) is 0 Å². The highest BCUT2D eigenvalue weighted by Gasteiger charge is 2.35. The second-order valence-electron chi connectivity index (χ2n) is 5.00. The number of hydrogen-bond donors (Lipinski definition) is 2. The molecule has 0 amide bonds. The van der Waals surface area contributed by atoms with Gasteiger partial charge in [0.2, 0.25) is 0 Å². The maximum absolute atomic E-state index is 10.0. The Morgan fingerprint density at radius 2 is 1.65 bits per heavy atom. The van der Waals surface area contributed by atoms with Crippen molar-refractivity contribution in [1.29, 1.82) is 0 Å². The van der Waals surface area contributed by atoms with Crippen molar-refractivity contribution in [2.45, 2.75) is 51.2 Å². The molecule has 0 radical (unpaired) electrons. The second-order valence-corrected chi connectivity index (χ2v) is 5.00. The first kappa shape index (κ1) is 16.8. The Bertz CT molecular complexity index is 399. The summed E-state index contributed by atoms with van der Waals surface area (Å²) in [6, 6.07) is 4.83. The molecule has 114 valence electrons. The first-order valence-electron chi connectivity index (χ1n) is 7.23. The molecule has 1 aromatic rings. The molecule has 4 heteroatoms. The molecule has 0 saturated heterocycles. The van der Waals surface area contributed by atoms with Crippen molar-refractivity contribution in [1.82, 2.24) is 0 Å². The van der Waals surface area contributed by atoms with Crippen molar-refractivity contribution in [2.75, 3.05) is 14.2 Å². The highest BCUT2D eigenvalue weighted by molar-refractivity contribution is 5.46. The van der Waals surface area contributed by atoms with Gasteiger partial charge in [-0.3, -0.25) is 0 Å². The molecule has 2 N–H and O–H groups in total. The standard InChI is InChI=1S/C16H26O4/c1-4-5-6-7-8-12-16(19-2,20-3)13-10-9-11-14(17)15(13)18/h9-11,17-18H,4-8,12H2,1-3H3. The number of phenolic OH excluding ortho intramolecular Hbond substituents is 2.